The highest BCUT2D eigenvalue weighted by atomic mass is 32.2. The molecule has 0 N–H and O–H groups in total. The Morgan fingerprint density at radius 1 is 1.12 bits per heavy atom. The molecule has 144 valence electrons. The SMILES string of the molecule is CC(C)Oc1ccc(C(=O)N2CCCSCC2CN2CCCCC2)cc1. The second-order valence-corrected chi connectivity index (χ2v) is 8.78. The minimum Gasteiger partial charge on any atom is -0.491 e. The lowest BCUT2D eigenvalue weighted by molar-refractivity contribution is 0.0645. The highest BCUT2D eigenvalue weighted by molar-refractivity contribution is 7.99. The first-order valence-electron chi connectivity index (χ1n) is 10.0. The summed E-state index contributed by atoms with van der Waals surface area (Å²) in [5.74, 6) is 3.21. The largest absolute Gasteiger partial charge is 0.491 e. The summed E-state index contributed by atoms with van der Waals surface area (Å²) in [6.07, 6.45) is 5.18. The van der Waals surface area contributed by atoms with Crippen LogP contribution < -0.4 is 4.74 Å². The van der Waals surface area contributed by atoms with E-state index >= 15 is 0 Å². The molecule has 3 rings (SSSR count). The molecule has 1 amide bonds. The number of rotatable bonds is 5. The Kier molecular flexibility index (Phi) is 7.26. The molecule has 1 aromatic rings. The van der Waals surface area contributed by atoms with Crippen LogP contribution in [0.1, 0.15) is 49.9 Å². The van der Waals surface area contributed by atoms with Crippen molar-refractivity contribution in [2.45, 2.75) is 51.7 Å². The van der Waals surface area contributed by atoms with Crippen molar-refractivity contribution in [3.63, 3.8) is 0 Å². The van der Waals surface area contributed by atoms with E-state index < -0.39 is 0 Å². The molecule has 2 aliphatic heterocycles. The Bertz CT molecular complexity index is 570. The van der Waals surface area contributed by atoms with Crippen molar-refractivity contribution in [2.75, 3.05) is 37.7 Å². The van der Waals surface area contributed by atoms with Crippen molar-refractivity contribution >= 4 is 17.7 Å². The molecule has 4 nitrogen and oxygen atoms in total. The van der Waals surface area contributed by atoms with Gasteiger partial charge < -0.3 is 14.5 Å². The first-order valence-corrected chi connectivity index (χ1v) is 11.2. The Balaban J connectivity index is 1.69. The molecular weight excluding hydrogens is 344 g/mol. The van der Waals surface area contributed by atoms with E-state index in [0.717, 1.165) is 42.3 Å². The van der Waals surface area contributed by atoms with Gasteiger partial charge in [-0.2, -0.15) is 11.8 Å². The monoisotopic (exact) mass is 376 g/mol. The van der Waals surface area contributed by atoms with Crippen LogP contribution in [0.5, 0.6) is 5.75 Å². The average molecular weight is 377 g/mol. The standard InChI is InChI=1S/C21H32N2O2S/c1-17(2)25-20-9-7-18(8-10-20)21(24)23-13-6-14-26-16-19(23)15-22-11-4-3-5-12-22/h7-10,17,19H,3-6,11-16H2,1-2H3. The Labute approximate surface area is 162 Å². The van der Waals surface area contributed by atoms with E-state index in [9.17, 15) is 4.79 Å². The van der Waals surface area contributed by atoms with Crippen molar-refractivity contribution in [3.05, 3.63) is 29.8 Å². The van der Waals surface area contributed by atoms with Crippen molar-refractivity contribution in [1.29, 1.82) is 0 Å². The number of carbonyl (C=O) groups is 1. The van der Waals surface area contributed by atoms with Crippen molar-refractivity contribution < 1.29 is 9.53 Å². The number of likely N-dealkylation sites (tertiary alicyclic amines) is 1. The number of thioether (sulfide) groups is 1. The number of carbonyl (C=O) groups excluding carboxylic acids is 1. The maximum atomic E-state index is 13.2. The van der Waals surface area contributed by atoms with Crippen LogP contribution in [0.3, 0.4) is 0 Å². The van der Waals surface area contributed by atoms with Gasteiger partial charge in [0.15, 0.2) is 0 Å². The molecule has 0 radical (unpaired) electrons. The molecule has 26 heavy (non-hydrogen) atoms. The molecule has 2 fully saturated rings. The van der Waals surface area contributed by atoms with Gasteiger partial charge in [0.2, 0.25) is 0 Å². The molecule has 2 heterocycles. The number of piperidine rings is 1. The summed E-state index contributed by atoms with van der Waals surface area (Å²) in [7, 11) is 0. The van der Waals surface area contributed by atoms with E-state index in [1.807, 2.05) is 49.9 Å². The van der Waals surface area contributed by atoms with Gasteiger partial charge in [0, 0.05) is 24.4 Å². The van der Waals surface area contributed by atoms with Crippen LogP contribution >= 0.6 is 11.8 Å². The van der Waals surface area contributed by atoms with Crippen LogP contribution in [0.2, 0.25) is 0 Å². The lowest BCUT2D eigenvalue weighted by atomic mass is 10.1. The molecule has 2 aliphatic rings. The summed E-state index contributed by atoms with van der Waals surface area (Å²) in [4.78, 5) is 17.9. The number of benzene rings is 1. The van der Waals surface area contributed by atoms with E-state index in [-0.39, 0.29) is 12.0 Å². The average Bonchev–Trinajstić information content (AvgIpc) is 2.88. The van der Waals surface area contributed by atoms with Crippen LogP contribution in [0.15, 0.2) is 24.3 Å². The summed E-state index contributed by atoms with van der Waals surface area (Å²) >= 11 is 2.00. The third-order valence-electron chi connectivity index (χ3n) is 5.09. The van der Waals surface area contributed by atoms with Crippen molar-refractivity contribution in [2.24, 2.45) is 0 Å². The smallest absolute Gasteiger partial charge is 0.254 e. The zero-order valence-electron chi connectivity index (χ0n) is 16.2. The quantitative estimate of drug-likeness (QED) is 0.780. The van der Waals surface area contributed by atoms with Gasteiger partial charge in [-0.3, -0.25) is 4.79 Å². The number of amides is 1. The molecule has 5 heteroatoms. The highest BCUT2D eigenvalue weighted by Gasteiger charge is 2.28. The summed E-state index contributed by atoms with van der Waals surface area (Å²) in [5, 5.41) is 0. The van der Waals surface area contributed by atoms with Gasteiger partial charge in [0.1, 0.15) is 5.75 Å². The van der Waals surface area contributed by atoms with Gasteiger partial charge in [-0.05, 0) is 76.2 Å². The van der Waals surface area contributed by atoms with Crippen LogP contribution in [0.25, 0.3) is 0 Å². The highest BCUT2D eigenvalue weighted by Crippen LogP contribution is 2.22. The summed E-state index contributed by atoms with van der Waals surface area (Å²) in [5.41, 5.74) is 0.775. The first kappa shape index (κ1) is 19.6. The van der Waals surface area contributed by atoms with Gasteiger partial charge in [-0.15, -0.1) is 0 Å². The summed E-state index contributed by atoms with van der Waals surface area (Å²) in [6, 6.07) is 7.98. The molecule has 1 unspecified atom stereocenters. The van der Waals surface area contributed by atoms with Crippen LogP contribution in [-0.2, 0) is 0 Å². The second-order valence-electron chi connectivity index (χ2n) is 7.63. The minimum atomic E-state index is 0.146. The fourth-order valence-electron chi connectivity index (χ4n) is 3.80. The first-order chi connectivity index (χ1) is 12.6. The Morgan fingerprint density at radius 2 is 1.85 bits per heavy atom. The van der Waals surface area contributed by atoms with E-state index in [1.54, 1.807) is 0 Å². The summed E-state index contributed by atoms with van der Waals surface area (Å²) in [6.45, 7) is 8.29. The Morgan fingerprint density at radius 3 is 2.54 bits per heavy atom. The van der Waals surface area contributed by atoms with Gasteiger partial charge in [0.05, 0.1) is 12.1 Å². The molecular formula is C21H32N2O2S. The number of hydrogen-bond donors (Lipinski definition) is 0. The lowest BCUT2D eigenvalue weighted by Crippen LogP contribution is -2.49. The van der Waals surface area contributed by atoms with Crippen LogP contribution in [0, 0.1) is 0 Å². The number of nitrogens with zero attached hydrogens (tertiary/aromatic N) is 2. The van der Waals surface area contributed by atoms with Gasteiger partial charge >= 0.3 is 0 Å². The van der Waals surface area contributed by atoms with Gasteiger partial charge in [0.25, 0.3) is 5.91 Å². The van der Waals surface area contributed by atoms with Crippen LogP contribution in [0.4, 0.5) is 0 Å². The van der Waals surface area contributed by atoms with E-state index in [4.69, 9.17) is 4.74 Å². The van der Waals surface area contributed by atoms with E-state index in [0.29, 0.717) is 6.04 Å². The maximum Gasteiger partial charge on any atom is 0.254 e. The van der Waals surface area contributed by atoms with Crippen molar-refractivity contribution in [1.82, 2.24) is 9.80 Å². The second kappa shape index (κ2) is 9.65. The molecule has 0 aliphatic carbocycles. The molecule has 0 spiro atoms. The van der Waals surface area contributed by atoms with Crippen molar-refractivity contribution in [3.8, 4) is 5.75 Å². The predicted octanol–water partition coefficient (Wildman–Crippen LogP) is 3.91. The minimum absolute atomic E-state index is 0.146. The lowest BCUT2D eigenvalue weighted by Gasteiger charge is -2.35. The van der Waals surface area contributed by atoms with Crippen LogP contribution in [-0.4, -0.2) is 65.5 Å². The molecule has 2 saturated heterocycles. The molecule has 0 bridgehead atoms. The topological polar surface area (TPSA) is 32.8 Å². The van der Waals surface area contributed by atoms with Gasteiger partial charge in [-0.25, -0.2) is 0 Å². The third-order valence-corrected chi connectivity index (χ3v) is 6.29. The fourth-order valence-corrected chi connectivity index (χ4v) is 4.86. The van der Waals surface area contributed by atoms with E-state index in [1.165, 1.54) is 32.4 Å². The Hall–Kier alpha value is -1.20. The third kappa shape index (κ3) is 5.40. The summed E-state index contributed by atoms with van der Waals surface area (Å²) < 4.78 is 5.70. The number of ether oxygens (including phenoxy) is 1. The maximum absolute atomic E-state index is 13.2. The molecule has 0 aromatic heterocycles. The predicted molar refractivity (Wildman–Crippen MR) is 109 cm³/mol. The zero-order valence-corrected chi connectivity index (χ0v) is 17.0. The zero-order chi connectivity index (χ0) is 18.4. The fraction of sp³-hybridized carbons (Fsp3) is 0.667. The van der Waals surface area contributed by atoms with Gasteiger partial charge in [-0.1, -0.05) is 6.42 Å². The molecule has 0 saturated carbocycles. The van der Waals surface area contributed by atoms with E-state index in [2.05, 4.69) is 9.80 Å². The molecule has 1 atom stereocenters. The number of hydrogen-bond acceptors (Lipinski definition) is 4. The normalized spacial score (nSPS) is 22.3. The molecule has 1 aromatic carbocycles.